The minimum Gasteiger partial charge on any atom is -0.388 e. The van der Waals surface area contributed by atoms with Gasteiger partial charge in [0.25, 0.3) is 29.5 Å². The second-order valence-corrected chi connectivity index (χ2v) is 12.7. The van der Waals surface area contributed by atoms with Crippen LogP contribution in [0.3, 0.4) is 0 Å². The Balaban J connectivity index is 0.00000605. The molecule has 0 saturated carbocycles. The Morgan fingerprint density at radius 2 is 1.15 bits per heavy atom. The first-order valence-corrected chi connectivity index (χ1v) is 16.2. The zero-order valence-corrected chi connectivity index (χ0v) is 31.0. The van der Waals surface area contributed by atoms with Gasteiger partial charge >= 0.3 is 0 Å². The van der Waals surface area contributed by atoms with Gasteiger partial charge in [-0.25, -0.2) is 0 Å². The molecule has 0 bridgehead atoms. The number of nitrogens with two attached hydrogens (primary N) is 1. The number of fused-ring (bicyclic) bond motifs is 1. The largest absolute Gasteiger partial charge is 0.388 e. The van der Waals surface area contributed by atoms with E-state index in [9.17, 15) is 24.0 Å². The van der Waals surface area contributed by atoms with Gasteiger partial charge in [-0.2, -0.15) is 0 Å². The van der Waals surface area contributed by atoms with Gasteiger partial charge in [0.2, 0.25) is 0 Å². The molecule has 5 aromatic rings. The van der Waals surface area contributed by atoms with E-state index in [1.165, 1.54) is 18.2 Å². The van der Waals surface area contributed by atoms with Crippen LogP contribution in [0.25, 0.3) is 10.9 Å². The van der Waals surface area contributed by atoms with Crippen LogP contribution in [-0.2, 0) is 33.0 Å². The number of amides is 5. The van der Waals surface area contributed by atoms with Crippen LogP contribution in [0.4, 0.5) is 22.7 Å². The van der Waals surface area contributed by atoms with Crippen molar-refractivity contribution >= 4 is 97.4 Å². The van der Waals surface area contributed by atoms with Crippen LogP contribution < -0.4 is 32.3 Å². The van der Waals surface area contributed by atoms with Crippen LogP contribution in [0.15, 0.2) is 72.1 Å². The highest BCUT2D eigenvalue weighted by Crippen LogP contribution is 2.25. The molecule has 4 heterocycles. The molecule has 18 heteroatoms. The van der Waals surface area contributed by atoms with Gasteiger partial charge < -0.3 is 50.6 Å². The minimum absolute atomic E-state index is 0. The van der Waals surface area contributed by atoms with Crippen LogP contribution in [0.2, 0.25) is 0 Å². The van der Waals surface area contributed by atoms with Crippen molar-refractivity contribution in [3.05, 3.63) is 94.9 Å². The van der Waals surface area contributed by atoms with Gasteiger partial charge in [0, 0.05) is 76.3 Å². The lowest BCUT2D eigenvalue weighted by Crippen LogP contribution is -2.28. The maximum atomic E-state index is 13.3. The van der Waals surface area contributed by atoms with Crippen molar-refractivity contribution in [1.82, 2.24) is 23.6 Å². The first-order valence-electron chi connectivity index (χ1n) is 15.4. The molecule has 0 aliphatic heterocycles. The molecule has 0 saturated heterocycles. The van der Waals surface area contributed by atoms with Crippen molar-refractivity contribution in [2.24, 2.45) is 33.9 Å². The van der Waals surface area contributed by atoms with Crippen LogP contribution in [0.5, 0.6) is 0 Å². The van der Waals surface area contributed by atoms with E-state index in [4.69, 9.17) is 11.1 Å². The fourth-order valence-corrected chi connectivity index (χ4v) is 5.51. The molecule has 0 unspecified atom stereocenters. The molecule has 0 radical (unpaired) electrons. The summed E-state index contributed by atoms with van der Waals surface area (Å²) in [5.74, 6) is -2.12. The first kappa shape index (κ1) is 38.7. The topological polar surface area (TPSA) is 215 Å². The van der Waals surface area contributed by atoms with E-state index >= 15 is 0 Å². The summed E-state index contributed by atoms with van der Waals surface area (Å²) in [5.41, 5.74) is 8.98. The molecule has 0 fully saturated rings. The van der Waals surface area contributed by atoms with Gasteiger partial charge in [-0.05, 0) is 58.4 Å². The van der Waals surface area contributed by atoms with Crippen LogP contribution >= 0.6 is 28.3 Å². The van der Waals surface area contributed by atoms with Crippen molar-refractivity contribution in [1.29, 1.82) is 5.41 Å². The Kier molecular flexibility index (Phi) is 11.8. The number of rotatable bonds is 12. The summed E-state index contributed by atoms with van der Waals surface area (Å²) in [4.78, 5) is 64.2. The van der Waals surface area contributed by atoms with Gasteiger partial charge in [0.15, 0.2) is 0 Å². The average molecular weight is 795 g/mol. The number of hydrogen-bond donors (Lipinski definition) is 7. The van der Waals surface area contributed by atoms with E-state index in [0.717, 1.165) is 10.9 Å². The molecule has 5 rings (SSSR count). The number of halogens is 2. The van der Waals surface area contributed by atoms with Gasteiger partial charge in [-0.15, -0.1) is 12.4 Å². The molecule has 8 N–H and O–H groups in total. The zero-order chi connectivity index (χ0) is 37.1. The number of anilines is 4. The van der Waals surface area contributed by atoms with Crippen molar-refractivity contribution in [2.75, 3.05) is 27.8 Å². The second kappa shape index (κ2) is 15.9. The average Bonchev–Trinajstić information content (AvgIpc) is 3.80. The van der Waals surface area contributed by atoms with Crippen molar-refractivity contribution in [3.63, 3.8) is 0 Å². The van der Waals surface area contributed by atoms with Crippen molar-refractivity contribution < 1.29 is 24.0 Å². The molecule has 0 atom stereocenters. The Morgan fingerprint density at radius 3 is 1.62 bits per heavy atom. The Labute approximate surface area is 312 Å². The standard InChI is InChI=1S/C34H36BrN11O5.ClH/c1-18(35)30(47)39-20-6-7-24-19(10-20)11-28(46(24)5)34(51)42-23-14-27(45(4)17-23)33(50)41-22-13-26(44(3)16-22)32(49)40-21-12-25(43(2)15-21)31(48)38-9-8-29(36)37;/h6-7,10-17H,1,8-9H2,2-5H3,(H3,36,37)(H,38,48)(H,39,47)(H,40,49)(H,41,50)(H,42,51);1H. The van der Waals surface area contributed by atoms with E-state index in [1.807, 2.05) is 0 Å². The molecule has 16 nitrogen and oxygen atoms in total. The molecule has 272 valence electrons. The normalized spacial score (nSPS) is 10.6. The molecule has 0 aliphatic carbocycles. The lowest BCUT2D eigenvalue weighted by molar-refractivity contribution is -0.112. The number of aromatic nitrogens is 4. The minimum atomic E-state index is -0.468. The smallest absolute Gasteiger partial charge is 0.272 e. The number of hydrogen-bond acceptors (Lipinski definition) is 6. The second-order valence-electron chi connectivity index (χ2n) is 11.8. The van der Waals surface area contributed by atoms with Crippen molar-refractivity contribution in [3.8, 4) is 0 Å². The van der Waals surface area contributed by atoms with Gasteiger partial charge in [-0.3, -0.25) is 29.4 Å². The fourth-order valence-electron chi connectivity index (χ4n) is 5.41. The number of amidine groups is 1. The highest BCUT2D eigenvalue weighted by Gasteiger charge is 2.20. The Hall–Kier alpha value is -6.07. The summed E-state index contributed by atoms with van der Waals surface area (Å²) in [5, 5.41) is 21.8. The van der Waals surface area contributed by atoms with Crippen molar-refractivity contribution in [2.45, 2.75) is 6.42 Å². The molecular formula is C34H37BrClN11O5. The summed E-state index contributed by atoms with van der Waals surface area (Å²) in [7, 11) is 6.74. The maximum absolute atomic E-state index is 13.3. The Morgan fingerprint density at radius 1 is 0.692 bits per heavy atom. The third-order valence-electron chi connectivity index (χ3n) is 7.95. The van der Waals surface area contributed by atoms with Gasteiger partial charge in [-0.1, -0.05) is 6.58 Å². The third kappa shape index (κ3) is 8.62. The molecule has 4 aromatic heterocycles. The van der Waals surface area contributed by atoms with E-state index in [2.05, 4.69) is 49.1 Å². The van der Waals surface area contributed by atoms with Crippen LogP contribution in [0.1, 0.15) is 48.4 Å². The summed E-state index contributed by atoms with van der Waals surface area (Å²) in [6.07, 6.45) is 5.01. The highest BCUT2D eigenvalue weighted by atomic mass is 79.9. The number of carbonyl (C=O) groups excluding carboxylic acids is 5. The number of carbonyl (C=O) groups is 5. The molecule has 0 aliphatic rings. The summed E-state index contributed by atoms with van der Waals surface area (Å²) < 4.78 is 6.61. The zero-order valence-electron chi connectivity index (χ0n) is 28.6. The quantitative estimate of drug-likeness (QED) is 0.0556. The number of nitrogens with zero attached hydrogens (tertiary/aromatic N) is 4. The Bertz CT molecular complexity index is 2260. The van der Waals surface area contributed by atoms with E-state index in [-0.39, 0.29) is 58.9 Å². The predicted octanol–water partition coefficient (Wildman–Crippen LogP) is 4.28. The molecule has 52 heavy (non-hydrogen) atoms. The maximum Gasteiger partial charge on any atom is 0.272 e. The third-order valence-corrected chi connectivity index (χ3v) is 8.31. The number of benzene rings is 1. The predicted molar refractivity (Wildman–Crippen MR) is 206 cm³/mol. The summed E-state index contributed by atoms with van der Waals surface area (Å²) in [6, 6.07) is 11.6. The molecule has 1 aromatic carbocycles. The van der Waals surface area contributed by atoms with E-state index in [1.54, 1.807) is 89.3 Å². The first-order chi connectivity index (χ1) is 24.1. The highest BCUT2D eigenvalue weighted by molar-refractivity contribution is 9.12. The SMILES string of the molecule is C=C(Br)C(=O)Nc1ccc2c(c1)cc(C(=O)Nc1cc(C(=O)Nc3cc(C(=O)Nc4cc(C(=O)NCCC(=N)N)n(C)c4)n(C)c3)n(C)c1)n2C.Cl. The fraction of sp³-hybridized carbons (Fsp3) is 0.176. The van der Waals surface area contributed by atoms with E-state index < -0.39 is 17.7 Å². The van der Waals surface area contributed by atoms with Crippen LogP contribution in [-0.4, -0.2) is 60.2 Å². The molecule has 5 amide bonds. The number of aryl methyl sites for hydroxylation is 4. The van der Waals surface area contributed by atoms with Gasteiger partial charge in [0.05, 0.1) is 27.4 Å². The monoisotopic (exact) mass is 793 g/mol. The molecule has 0 spiro atoms. The van der Waals surface area contributed by atoms with Crippen LogP contribution in [0, 0.1) is 5.41 Å². The molecular weight excluding hydrogens is 758 g/mol. The lowest BCUT2D eigenvalue weighted by atomic mass is 10.2. The summed E-state index contributed by atoms with van der Waals surface area (Å²) >= 11 is 3.06. The lowest BCUT2D eigenvalue weighted by Gasteiger charge is -2.06. The van der Waals surface area contributed by atoms with Gasteiger partial charge in [0.1, 0.15) is 22.8 Å². The summed E-state index contributed by atoms with van der Waals surface area (Å²) in [6.45, 7) is 3.77. The number of nitrogens with one attached hydrogen (secondary N) is 6. The van der Waals surface area contributed by atoms with E-state index in [0.29, 0.717) is 34.1 Å².